The summed E-state index contributed by atoms with van der Waals surface area (Å²) in [5, 5.41) is 0. The van der Waals surface area contributed by atoms with Crippen molar-refractivity contribution in [1.82, 2.24) is 0 Å². The van der Waals surface area contributed by atoms with Gasteiger partial charge in [0.1, 0.15) is 18.2 Å². The van der Waals surface area contributed by atoms with Gasteiger partial charge in [-0.2, -0.15) is 0 Å². The maximum absolute atomic E-state index is 12.6. The minimum absolute atomic E-state index is 0. The van der Waals surface area contributed by atoms with E-state index in [0.717, 1.165) is 4.47 Å². The van der Waals surface area contributed by atoms with Crippen molar-refractivity contribution in [2.24, 2.45) is 5.73 Å². The molecule has 2 nitrogen and oxygen atoms in total. The lowest BCUT2D eigenvalue weighted by molar-refractivity contribution is 0.324. The van der Waals surface area contributed by atoms with Gasteiger partial charge in [0, 0.05) is 12.6 Å². The molecule has 0 heterocycles. The van der Waals surface area contributed by atoms with Crippen molar-refractivity contribution in [2.45, 2.75) is 0 Å². The molecule has 1 aromatic rings. The van der Waals surface area contributed by atoms with Gasteiger partial charge in [0.15, 0.2) is 0 Å². The van der Waals surface area contributed by atoms with E-state index in [-0.39, 0.29) is 18.2 Å². The molecule has 5 heteroatoms. The van der Waals surface area contributed by atoms with Crippen molar-refractivity contribution in [1.29, 1.82) is 0 Å². The van der Waals surface area contributed by atoms with E-state index < -0.39 is 0 Å². The number of halogens is 3. The van der Waals surface area contributed by atoms with Gasteiger partial charge in [-0.1, -0.05) is 0 Å². The standard InChI is InChI=1S/C8H9BrFNO.ClH/c9-7-2-1-6(10)5-8(7)12-4-3-11;/h1-2,5H,3-4,11H2;1H. The minimum Gasteiger partial charge on any atom is -0.491 e. The number of ether oxygens (including phenoxy) is 1. The molecule has 0 aliphatic carbocycles. The van der Waals surface area contributed by atoms with E-state index in [2.05, 4.69) is 15.9 Å². The lowest BCUT2D eigenvalue weighted by atomic mass is 10.3. The lowest BCUT2D eigenvalue weighted by Crippen LogP contribution is -2.10. The van der Waals surface area contributed by atoms with Crippen LogP contribution in [-0.2, 0) is 0 Å². The number of benzene rings is 1. The van der Waals surface area contributed by atoms with Gasteiger partial charge in [-0.3, -0.25) is 0 Å². The van der Waals surface area contributed by atoms with Gasteiger partial charge in [0.05, 0.1) is 4.47 Å². The largest absolute Gasteiger partial charge is 0.491 e. The zero-order valence-electron chi connectivity index (χ0n) is 6.80. The van der Waals surface area contributed by atoms with Gasteiger partial charge < -0.3 is 10.5 Å². The van der Waals surface area contributed by atoms with Crippen LogP contribution in [0, 0.1) is 5.82 Å². The molecule has 0 aliphatic rings. The van der Waals surface area contributed by atoms with E-state index in [4.69, 9.17) is 10.5 Å². The average molecular weight is 271 g/mol. The van der Waals surface area contributed by atoms with E-state index in [9.17, 15) is 4.39 Å². The summed E-state index contributed by atoms with van der Waals surface area (Å²) in [5.74, 6) is 0.172. The van der Waals surface area contributed by atoms with Crippen LogP contribution >= 0.6 is 28.3 Å². The molecule has 0 fully saturated rings. The smallest absolute Gasteiger partial charge is 0.136 e. The second kappa shape index (κ2) is 6.18. The molecule has 0 saturated heterocycles. The molecule has 13 heavy (non-hydrogen) atoms. The van der Waals surface area contributed by atoms with E-state index in [0.29, 0.717) is 18.9 Å². The molecule has 0 aromatic heterocycles. The average Bonchev–Trinajstić information content (AvgIpc) is 2.07. The quantitative estimate of drug-likeness (QED) is 0.915. The summed E-state index contributed by atoms with van der Waals surface area (Å²) in [5.41, 5.74) is 5.23. The molecule has 1 rings (SSSR count). The van der Waals surface area contributed by atoms with Gasteiger partial charge in [0.2, 0.25) is 0 Å². The van der Waals surface area contributed by atoms with Crippen molar-refractivity contribution < 1.29 is 9.13 Å². The van der Waals surface area contributed by atoms with Crippen LogP contribution in [0.2, 0.25) is 0 Å². The van der Waals surface area contributed by atoms with Crippen molar-refractivity contribution in [2.75, 3.05) is 13.2 Å². The Hall–Kier alpha value is -0.320. The molecular weight excluding hydrogens is 260 g/mol. The second-order valence-corrected chi connectivity index (χ2v) is 3.07. The van der Waals surface area contributed by atoms with E-state index in [1.165, 1.54) is 12.1 Å². The zero-order chi connectivity index (χ0) is 8.97. The van der Waals surface area contributed by atoms with Crippen molar-refractivity contribution >= 4 is 28.3 Å². The van der Waals surface area contributed by atoms with Gasteiger partial charge in [-0.05, 0) is 28.1 Å². The second-order valence-electron chi connectivity index (χ2n) is 2.21. The van der Waals surface area contributed by atoms with Crippen molar-refractivity contribution in [3.05, 3.63) is 28.5 Å². The molecule has 0 amide bonds. The summed E-state index contributed by atoms with van der Waals surface area (Å²) in [6.07, 6.45) is 0. The summed E-state index contributed by atoms with van der Waals surface area (Å²) in [7, 11) is 0. The third-order valence-electron chi connectivity index (χ3n) is 1.27. The highest BCUT2D eigenvalue weighted by Gasteiger charge is 2.01. The monoisotopic (exact) mass is 269 g/mol. The fourth-order valence-electron chi connectivity index (χ4n) is 0.757. The topological polar surface area (TPSA) is 35.2 Å². The minimum atomic E-state index is -0.315. The first-order valence-electron chi connectivity index (χ1n) is 3.52. The Labute approximate surface area is 90.8 Å². The maximum atomic E-state index is 12.6. The number of hydrogen-bond acceptors (Lipinski definition) is 2. The van der Waals surface area contributed by atoms with Crippen LogP contribution in [0.4, 0.5) is 4.39 Å². The molecule has 0 atom stereocenters. The molecule has 0 spiro atoms. The molecule has 0 saturated carbocycles. The van der Waals surface area contributed by atoms with Crippen LogP contribution in [0.3, 0.4) is 0 Å². The summed E-state index contributed by atoms with van der Waals surface area (Å²) in [4.78, 5) is 0. The Bertz CT molecular complexity index is 272. The highest BCUT2D eigenvalue weighted by atomic mass is 79.9. The first kappa shape index (κ1) is 12.7. The highest BCUT2D eigenvalue weighted by Crippen LogP contribution is 2.25. The summed E-state index contributed by atoms with van der Waals surface area (Å²) < 4.78 is 18.5. The lowest BCUT2D eigenvalue weighted by Gasteiger charge is -2.05. The van der Waals surface area contributed by atoms with Crippen molar-refractivity contribution in [3.63, 3.8) is 0 Å². The van der Waals surface area contributed by atoms with Gasteiger partial charge in [0.25, 0.3) is 0 Å². The number of nitrogens with two attached hydrogens (primary N) is 1. The molecule has 2 N–H and O–H groups in total. The third-order valence-corrected chi connectivity index (χ3v) is 1.92. The highest BCUT2D eigenvalue weighted by molar-refractivity contribution is 9.10. The predicted octanol–water partition coefficient (Wildman–Crippen LogP) is 2.35. The van der Waals surface area contributed by atoms with Crippen LogP contribution < -0.4 is 10.5 Å². The molecule has 0 unspecified atom stereocenters. The Morgan fingerprint density at radius 2 is 2.15 bits per heavy atom. The Morgan fingerprint density at radius 1 is 1.46 bits per heavy atom. The van der Waals surface area contributed by atoms with Crippen LogP contribution in [0.25, 0.3) is 0 Å². The predicted molar refractivity (Wildman–Crippen MR) is 55.9 cm³/mol. The molecule has 1 aromatic carbocycles. The Balaban J connectivity index is 0.00000144. The SMILES string of the molecule is Cl.NCCOc1cc(F)ccc1Br. The normalized spacial score (nSPS) is 9.15. The van der Waals surface area contributed by atoms with Crippen LogP contribution in [0.1, 0.15) is 0 Å². The van der Waals surface area contributed by atoms with Gasteiger partial charge in [-0.15, -0.1) is 12.4 Å². The fraction of sp³-hybridized carbons (Fsp3) is 0.250. The zero-order valence-corrected chi connectivity index (χ0v) is 9.20. The third kappa shape index (κ3) is 3.93. The first-order chi connectivity index (χ1) is 5.74. The van der Waals surface area contributed by atoms with Crippen molar-refractivity contribution in [3.8, 4) is 5.75 Å². The Morgan fingerprint density at radius 3 is 2.77 bits per heavy atom. The molecule has 0 radical (unpaired) electrons. The first-order valence-corrected chi connectivity index (χ1v) is 4.31. The fourth-order valence-corrected chi connectivity index (χ4v) is 1.12. The molecular formula is C8H10BrClFNO. The summed E-state index contributed by atoms with van der Waals surface area (Å²) in [6.45, 7) is 0.811. The molecule has 74 valence electrons. The van der Waals surface area contributed by atoms with Crippen LogP contribution in [0.15, 0.2) is 22.7 Å². The molecule has 0 bridgehead atoms. The Kier molecular flexibility index (Phi) is 6.03. The van der Waals surface area contributed by atoms with Gasteiger partial charge in [-0.25, -0.2) is 4.39 Å². The summed E-state index contributed by atoms with van der Waals surface area (Å²) in [6, 6.07) is 4.28. The molecule has 0 aliphatic heterocycles. The maximum Gasteiger partial charge on any atom is 0.136 e. The number of hydrogen-bond donors (Lipinski definition) is 1. The van der Waals surface area contributed by atoms with Crippen LogP contribution in [0.5, 0.6) is 5.75 Å². The van der Waals surface area contributed by atoms with E-state index in [1.807, 2.05) is 0 Å². The summed E-state index contributed by atoms with van der Waals surface area (Å²) >= 11 is 3.23. The van der Waals surface area contributed by atoms with Gasteiger partial charge >= 0.3 is 0 Å². The van der Waals surface area contributed by atoms with E-state index in [1.54, 1.807) is 6.07 Å². The van der Waals surface area contributed by atoms with Crippen LogP contribution in [-0.4, -0.2) is 13.2 Å². The van der Waals surface area contributed by atoms with E-state index >= 15 is 0 Å². The number of rotatable bonds is 3.